The second-order valence-electron chi connectivity index (χ2n) is 8.36. The molecule has 0 saturated carbocycles. The highest BCUT2D eigenvalue weighted by molar-refractivity contribution is 6.07. The fourth-order valence-corrected chi connectivity index (χ4v) is 3.83. The quantitative estimate of drug-likeness (QED) is 0.348. The fraction of sp³-hybridized carbons (Fsp3) is 0.172. The Balaban J connectivity index is 1.52. The number of likely N-dealkylation sites (N-methyl/N-ethyl adjacent to an activating group) is 1. The van der Waals surface area contributed by atoms with E-state index in [1.54, 1.807) is 23.1 Å². The van der Waals surface area contributed by atoms with Crippen molar-refractivity contribution in [2.24, 2.45) is 0 Å². The lowest BCUT2D eigenvalue weighted by molar-refractivity contribution is -0.129. The molecule has 3 aromatic carbocycles. The van der Waals surface area contributed by atoms with Crippen LogP contribution in [0.1, 0.15) is 32.8 Å². The van der Waals surface area contributed by atoms with Crippen molar-refractivity contribution >= 4 is 17.5 Å². The maximum Gasteiger partial charge on any atom is 0.258 e. The molecular weight excluding hydrogens is 424 g/mol. The van der Waals surface area contributed by atoms with Crippen molar-refractivity contribution in [3.63, 3.8) is 0 Å². The minimum atomic E-state index is -0.0519. The molecule has 0 atom stereocenters. The smallest absolute Gasteiger partial charge is 0.258 e. The Bertz CT molecular complexity index is 1230. The van der Waals surface area contributed by atoms with Crippen LogP contribution in [0.25, 0.3) is 0 Å². The summed E-state index contributed by atoms with van der Waals surface area (Å²) in [6.07, 6.45) is 1.88. The van der Waals surface area contributed by atoms with Crippen LogP contribution in [0.5, 0.6) is 0 Å². The molecule has 4 aromatic rings. The second-order valence-corrected chi connectivity index (χ2v) is 8.36. The highest BCUT2D eigenvalue weighted by atomic mass is 16.3. The zero-order valence-corrected chi connectivity index (χ0v) is 19.5. The fourth-order valence-electron chi connectivity index (χ4n) is 3.83. The van der Waals surface area contributed by atoms with Gasteiger partial charge in [0, 0.05) is 18.3 Å². The van der Waals surface area contributed by atoms with Gasteiger partial charge in [0.15, 0.2) is 0 Å². The molecule has 5 nitrogen and oxygen atoms in total. The maximum absolute atomic E-state index is 13.5. The van der Waals surface area contributed by atoms with E-state index in [4.69, 9.17) is 4.42 Å². The van der Waals surface area contributed by atoms with Crippen LogP contribution in [0.15, 0.2) is 102 Å². The first-order chi connectivity index (χ1) is 16.5. The molecule has 1 heterocycles. The third kappa shape index (κ3) is 5.62. The number of carbonyl (C=O) groups excluding carboxylic acids is 2. The number of furan rings is 1. The molecule has 0 spiro atoms. The zero-order chi connectivity index (χ0) is 23.9. The molecular formula is C29H28N2O3. The van der Waals surface area contributed by atoms with Crippen molar-refractivity contribution in [2.45, 2.75) is 26.4 Å². The highest BCUT2D eigenvalue weighted by Crippen LogP contribution is 2.23. The molecule has 2 amide bonds. The van der Waals surface area contributed by atoms with E-state index < -0.39 is 0 Å². The van der Waals surface area contributed by atoms with E-state index in [9.17, 15) is 9.59 Å². The van der Waals surface area contributed by atoms with Crippen LogP contribution in [-0.4, -0.2) is 23.8 Å². The first-order valence-electron chi connectivity index (χ1n) is 11.3. The Kier molecular flexibility index (Phi) is 7.23. The van der Waals surface area contributed by atoms with E-state index in [0.717, 1.165) is 28.1 Å². The van der Waals surface area contributed by atoms with E-state index in [0.29, 0.717) is 18.7 Å². The molecule has 0 N–H and O–H groups in total. The predicted molar refractivity (Wildman–Crippen MR) is 133 cm³/mol. The van der Waals surface area contributed by atoms with Crippen molar-refractivity contribution in [3.05, 3.63) is 125 Å². The Morgan fingerprint density at radius 3 is 2.15 bits per heavy atom. The monoisotopic (exact) mass is 452 g/mol. The number of amides is 2. The molecule has 34 heavy (non-hydrogen) atoms. The zero-order valence-electron chi connectivity index (χ0n) is 19.5. The molecule has 0 aliphatic heterocycles. The van der Waals surface area contributed by atoms with Gasteiger partial charge in [0.2, 0.25) is 5.91 Å². The Hall–Kier alpha value is -4.12. The summed E-state index contributed by atoms with van der Waals surface area (Å²) in [5, 5.41) is 0. The van der Waals surface area contributed by atoms with Crippen molar-refractivity contribution in [1.29, 1.82) is 0 Å². The molecule has 0 unspecified atom stereocenters. The molecule has 4 rings (SSSR count). The number of hydrogen-bond acceptors (Lipinski definition) is 3. The number of benzene rings is 3. The van der Waals surface area contributed by atoms with Gasteiger partial charge in [0.1, 0.15) is 5.76 Å². The summed E-state index contributed by atoms with van der Waals surface area (Å²) in [4.78, 5) is 29.6. The van der Waals surface area contributed by atoms with Crippen molar-refractivity contribution in [2.75, 3.05) is 11.9 Å². The third-order valence-corrected chi connectivity index (χ3v) is 5.81. The first-order valence-corrected chi connectivity index (χ1v) is 11.3. The lowest BCUT2D eigenvalue weighted by atomic mass is 10.1. The SMILES string of the molecule is Cc1ccccc1C(=O)N(Cc1ccccc1)c1ccc(CC(=O)N(C)Cc2ccco2)cc1. The average Bonchev–Trinajstić information content (AvgIpc) is 3.37. The van der Waals surface area contributed by atoms with Crippen LogP contribution in [0.3, 0.4) is 0 Å². The maximum atomic E-state index is 13.5. The molecule has 1 aromatic heterocycles. The number of anilines is 1. The van der Waals surface area contributed by atoms with Gasteiger partial charge in [-0.1, -0.05) is 60.7 Å². The number of nitrogens with zero attached hydrogens (tertiary/aromatic N) is 2. The molecule has 172 valence electrons. The summed E-state index contributed by atoms with van der Waals surface area (Å²) >= 11 is 0. The molecule has 0 saturated heterocycles. The Labute approximate surface area is 200 Å². The average molecular weight is 453 g/mol. The summed E-state index contributed by atoms with van der Waals surface area (Å²) in [6, 6.07) is 28.9. The molecule has 0 aliphatic rings. The lowest BCUT2D eigenvalue weighted by Gasteiger charge is -2.24. The Morgan fingerprint density at radius 2 is 1.47 bits per heavy atom. The molecule has 0 aliphatic carbocycles. The minimum absolute atomic E-state index is 0.00118. The van der Waals surface area contributed by atoms with E-state index in [1.807, 2.05) is 97.9 Å². The lowest BCUT2D eigenvalue weighted by Crippen LogP contribution is -2.31. The van der Waals surface area contributed by atoms with Crippen LogP contribution in [0, 0.1) is 6.92 Å². The number of hydrogen-bond donors (Lipinski definition) is 0. The minimum Gasteiger partial charge on any atom is -0.467 e. The molecule has 0 bridgehead atoms. The normalized spacial score (nSPS) is 10.6. The van der Waals surface area contributed by atoms with Crippen molar-refractivity contribution < 1.29 is 14.0 Å². The van der Waals surface area contributed by atoms with Gasteiger partial charge < -0.3 is 14.2 Å². The summed E-state index contributed by atoms with van der Waals surface area (Å²) in [5.74, 6) is 0.697. The van der Waals surface area contributed by atoms with Crippen molar-refractivity contribution in [1.82, 2.24) is 4.90 Å². The van der Waals surface area contributed by atoms with Crippen molar-refractivity contribution in [3.8, 4) is 0 Å². The molecule has 5 heteroatoms. The molecule has 0 fully saturated rings. The van der Waals surface area contributed by atoms with Crippen LogP contribution in [-0.2, 0) is 24.3 Å². The summed E-state index contributed by atoms with van der Waals surface area (Å²) in [6.45, 7) is 2.83. The van der Waals surface area contributed by atoms with E-state index >= 15 is 0 Å². The highest BCUT2D eigenvalue weighted by Gasteiger charge is 2.20. The van der Waals surface area contributed by atoms with Gasteiger partial charge >= 0.3 is 0 Å². The van der Waals surface area contributed by atoms with E-state index in [1.165, 1.54) is 0 Å². The number of carbonyl (C=O) groups is 2. The summed E-state index contributed by atoms with van der Waals surface area (Å²) < 4.78 is 5.33. The number of aryl methyl sites for hydroxylation is 1. The van der Waals surface area contributed by atoms with E-state index in [2.05, 4.69) is 0 Å². The van der Waals surface area contributed by atoms with E-state index in [-0.39, 0.29) is 18.2 Å². The van der Waals surface area contributed by atoms with Gasteiger partial charge in [-0.05, 0) is 53.9 Å². The van der Waals surface area contributed by atoms with Gasteiger partial charge in [-0.25, -0.2) is 0 Å². The van der Waals surface area contributed by atoms with Gasteiger partial charge in [-0.15, -0.1) is 0 Å². The van der Waals surface area contributed by atoms with Gasteiger partial charge in [0.05, 0.1) is 25.8 Å². The Morgan fingerprint density at radius 1 is 0.765 bits per heavy atom. The van der Waals surface area contributed by atoms with Crippen LogP contribution in [0.4, 0.5) is 5.69 Å². The summed E-state index contributed by atoms with van der Waals surface area (Å²) in [7, 11) is 1.77. The van der Waals surface area contributed by atoms with Gasteiger partial charge in [-0.2, -0.15) is 0 Å². The first kappa shape index (κ1) is 23.1. The topological polar surface area (TPSA) is 53.8 Å². The van der Waals surface area contributed by atoms with Gasteiger partial charge in [0.25, 0.3) is 5.91 Å². The van der Waals surface area contributed by atoms with Gasteiger partial charge in [-0.3, -0.25) is 9.59 Å². The predicted octanol–water partition coefficient (Wildman–Crippen LogP) is 5.64. The van der Waals surface area contributed by atoms with Crippen LogP contribution in [0.2, 0.25) is 0 Å². The largest absolute Gasteiger partial charge is 0.467 e. The van der Waals surface area contributed by atoms with Crippen LogP contribution >= 0.6 is 0 Å². The van der Waals surface area contributed by atoms with Crippen LogP contribution < -0.4 is 4.90 Å². The standard InChI is InChI=1S/C29H28N2O3/c1-22-9-6-7-13-27(22)29(33)31(20-24-10-4-3-5-11-24)25-16-14-23(15-17-25)19-28(32)30(2)21-26-12-8-18-34-26/h3-18H,19-21H2,1-2H3. The molecule has 0 radical (unpaired) electrons. The third-order valence-electron chi connectivity index (χ3n) is 5.81. The second kappa shape index (κ2) is 10.7. The summed E-state index contributed by atoms with van der Waals surface area (Å²) in [5.41, 5.74) is 4.34. The number of rotatable bonds is 8.